The minimum absolute atomic E-state index is 0. The van der Waals surface area contributed by atoms with Gasteiger partial charge in [0.1, 0.15) is 0 Å². The number of hydrogen-bond acceptors (Lipinski definition) is 2. The number of anilines is 1. The van der Waals surface area contributed by atoms with Gasteiger partial charge in [-0.2, -0.15) is 0 Å². The SMILES string of the molecule is Cc1ccc(C(O)CN=C(N)Nc2cccc3c2CCCC3)cc1.I. The van der Waals surface area contributed by atoms with Crippen LogP contribution >= 0.6 is 24.0 Å². The number of aliphatic imine (C=N–C) groups is 1. The molecule has 0 radical (unpaired) electrons. The summed E-state index contributed by atoms with van der Waals surface area (Å²) in [4.78, 5) is 4.30. The largest absolute Gasteiger partial charge is 0.386 e. The van der Waals surface area contributed by atoms with E-state index in [-0.39, 0.29) is 30.5 Å². The molecule has 0 bridgehead atoms. The van der Waals surface area contributed by atoms with Gasteiger partial charge in [0, 0.05) is 5.69 Å². The van der Waals surface area contributed by atoms with Gasteiger partial charge in [-0.1, -0.05) is 42.0 Å². The molecule has 0 saturated heterocycles. The van der Waals surface area contributed by atoms with Crippen LogP contribution in [-0.4, -0.2) is 17.6 Å². The second kappa shape index (κ2) is 9.20. The van der Waals surface area contributed by atoms with Crippen LogP contribution in [-0.2, 0) is 12.8 Å². The maximum absolute atomic E-state index is 10.2. The van der Waals surface area contributed by atoms with E-state index in [0.717, 1.165) is 24.1 Å². The molecule has 4 N–H and O–H groups in total. The highest BCUT2D eigenvalue weighted by molar-refractivity contribution is 14.0. The fraction of sp³-hybridized carbons (Fsp3) is 0.350. The Hall–Kier alpha value is -1.60. The average molecular weight is 451 g/mol. The summed E-state index contributed by atoms with van der Waals surface area (Å²) in [5, 5.41) is 13.4. The predicted octanol–water partition coefficient (Wildman–Crippen LogP) is 3.95. The molecule has 2 aromatic carbocycles. The third-order valence-electron chi connectivity index (χ3n) is 4.56. The van der Waals surface area contributed by atoms with Crippen molar-refractivity contribution in [3.05, 3.63) is 64.7 Å². The Morgan fingerprint density at radius 3 is 2.64 bits per heavy atom. The zero-order chi connectivity index (χ0) is 16.9. The molecular formula is C20H26IN3O. The zero-order valence-electron chi connectivity index (χ0n) is 14.5. The fourth-order valence-electron chi connectivity index (χ4n) is 3.15. The van der Waals surface area contributed by atoms with Crippen LogP contribution < -0.4 is 11.1 Å². The van der Waals surface area contributed by atoms with E-state index in [4.69, 9.17) is 5.73 Å². The minimum Gasteiger partial charge on any atom is -0.386 e. The van der Waals surface area contributed by atoms with Crippen LogP contribution in [0.3, 0.4) is 0 Å². The summed E-state index contributed by atoms with van der Waals surface area (Å²) < 4.78 is 0. The molecule has 0 heterocycles. The molecule has 4 nitrogen and oxygen atoms in total. The molecule has 1 aliphatic rings. The number of nitrogens with zero attached hydrogens (tertiary/aromatic N) is 1. The van der Waals surface area contributed by atoms with Crippen molar-refractivity contribution in [2.45, 2.75) is 38.7 Å². The van der Waals surface area contributed by atoms with Crippen LogP contribution in [0.25, 0.3) is 0 Å². The van der Waals surface area contributed by atoms with Crippen molar-refractivity contribution in [2.24, 2.45) is 10.7 Å². The summed E-state index contributed by atoms with van der Waals surface area (Å²) in [6, 6.07) is 14.1. The maximum Gasteiger partial charge on any atom is 0.193 e. The monoisotopic (exact) mass is 451 g/mol. The van der Waals surface area contributed by atoms with Gasteiger partial charge in [-0.15, -0.1) is 24.0 Å². The Kier molecular flexibility index (Phi) is 7.25. The van der Waals surface area contributed by atoms with Crippen molar-refractivity contribution in [3.63, 3.8) is 0 Å². The lowest BCUT2D eigenvalue weighted by Crippen LogP contribution is -2.25. The van der Waals surface area contributed by atoms with E-state index in [1.54, 1.807) is 0 Å². The van der Waals surface area contributed by atoms with Gasteiger partial charge in [0.25, 0.3) is 0 Å². The van der Waals surface area contributed by atoms with Gasteiger partial charge in [-0.3, -0.25) is 4.99 Å². The Morgan fingerprint density at radius 1 is 1.16 bits per heavy atom. The van der Waals surface area contributed by atoms with Crippen LogP contribution in [0.4, 0.5) is 5.69 Å². The topological polar surface area (TPSA) is 70.6 Å². The number of nitrogens with two attached hydrogens (primary N) is 1. The summed E-state index contributed by atoms with van der Waals surface area (Å²) in [6.45, 7) is 2.27. The van der Waals surface area contributed by atoms with E-state index in [2.05, 4.69) is 22.4 Å². The van der Waals surface area contributed by atoms with E-state index in [0.29, 0.717) is 5.96 Å². The van der Waals surface area contributed by atoms with Gasteiger partial charge in [0.2, 0.25) is 0 Å². The third kappa shape index (κ3) is 5.19. The number of hydrogen-bond donors (Lipinski definition) is 3. The molecule has 0 amide bonds. The third-order valence-corrected chi connectivity index (χ3v) is 4.56. The molecule has 25 heavy (non-hydrogen) atoms. The first kappa shape index (κ1) is 19.7. The van der Waals surface area contributed by atoms with Crippen molar-refractivity contribution in [1.82, 2.24) is 0 Å². The van der Waals surface area contributed by atoms with Gasteiger partial charge in [-0.05, 0) is 55.4 Å². The first-order valence-electron chi connectivity index (χ1n) is 8.56. The summed E-state index contributed by atoms with van der Waals surface area (Å²) in [5.74, 6) is 0.347. The van der Waals surface area contributed by atoms with Gasteiger partial charge in [-0.25, -0.2) is 0 Å². The first-order chi connectivity index (χ1) is 11.6. The molecule has 1 atom stereocenters. The van der Waals surface area contributed by atoms with Crippen molar-refractivity contribution in [2.75, 3.05) is 11.9 Å². The molecule has 1 unspecified atom stereocenters. The molecule has 5 heteroatoms. The van der Waals surface area contributed by atoms with Crippen molar-refractivity contribution in [3.8, 4) is 0 Å². The van der Waals surface area contributed by atoms with E-state index >= 15 is 0 Å². The summed E-state index contributed by atoms with van der Waals surface area (Å²) >= 11 is 0. The lowest BCUT2D eigenvalue weighted by molar-refractivity contribution is 0.187. The molecule has 134 valence electrons. The van der Waals surface area contributed by atoms with Crippen molar-refractivity contribution >= 4 is 35.6 Å². The van der Waals surface area contributed by atoms with E-state index < -0.39 is 6.10 Å². The number of halogens is 1. The molecule has 0 fully saturated rings. The number of nitrogens with one attached hydrogen (secondary N) is 1. The highest BCUT2D eigenvalue weighted by atomic mass is 127. The summed E-state index contributed by atoms with van der Waals surface area (Å²) in [5.41, 5.74) is 11.8. The minimum atomic E-state index is -0.643. The number of guanidine groups is 1. The molecular weight excluding hydrogens is 425 g/mol. The van der Waals surface area contributed by atoms with E-state index in [1.165, 1.54) is 29.5 Å². The van der Waals surface area contributed by atoms with Gasteiger partial charge >= 0.3 is 0 Å². The number of benzene rings is 2. The predicted molar refractivity (Wildman–Crippen MR) is 115 cm³/mol. The molecule has 3 rings (SSSR count). The highest BCUT2D eigenvalue weighted by Crippen LogP contribution is 2.27. The quantitative estimate of drug-likeness (QED) is 0.375. The number of aliphatic hydroxyl groups excluding tert-OH is 1. The van der Waals surface area contributed by atoms with E-state index in [9.17, 15) is 5.11 Å². The van der Waals surface area contributed by atoms with Crippen LogP contribution in [0.1, 0.15) is 41.2 Å². The van der Waals surface area contributed by atoms with Crippen LogP contribution in [0.5, 0.6) is 0 Å². The fourth-order valence-corrected chi connectivity index (χ4v) is 3.15. The van der Waals surface area contributed by atoms with Gasteiger partial charge < -0.3 is 16.2 Å². The molecule has 0 aliphatic heterocycles. The smallest absolute Gasteiger partial charge is 0.193 e. The summed E-state index contributed by atoms with van der Waals surface area (Å²) in [6.07, 6.45) is 4.04. The average Bonchev–Trinajstić information content (AvgIpc) is 2.61. The first-order valence-corrected chi connectivity index (χ1v) is 8.56. The Balaban J connectivity index is 0.00000225. The number of fused-ring (bicyclic) bond motifs is 1. The van der Waals surface area contributed by atoms with Crippen LogP contribution in [0, 0.1) is 6.92 Å². The van der Waals surface area contributed by atoms with Crippen LogP contribution in [0.2, 0.25) is 0 Å². The standard InChI is InChI=1S/C20H25N3O.HI/c1-14-9-11-16(12-10-14)19(24)13-22-20(21)23-18-8-4-6-15-5-2-3-7-17(15)18;/h4,6,8-12,19,24H,2-3,5,7,13H2,1H3,(H3,21,22,23);1H. The van der Waals surface area contributed by atoms with Gasteiger partial charge in [0.05, 0.1) is 12.6 Å². The Morgan fingerprint density at radius 2 is 1.88 bits per heavy atom. The second-order valence-corrected chi connectivity index (χ2v) is 6.43. The molecule has 0 aromatic heterocycles. The maximum atomic E-state index is 10.2. The van der Waals surface area contributed by atoms with E-state index in [1.807, 2.05) is 37.3 Å². The zero-order valence-corrected chi connectivity index (χ0v) is 16.9. The lowest BCUT2D eigenvalue weighted by atomic mass is 9.90. The second-order valence-electron chi connectivity index (χ2n) is 6.43. The Bertz CT molecular complexity index is 728. The molecule has 1 aliphatic carbocycles. The number of rotatable bonds is 4. The normalized spacial score (nSPS) is 15.0. The van der Waals surface area contributed by atoms with Crippen molar-refractivity contribution in [1.29, 1.82) is 0 Å². The molecule has 0 saturated carbocycles. The summed E-state index contributed by atoms with van der Waals surface area (Å²) in [7, 11) is 0. The van der Waals surface area contributed by atoms with Crippen LogP contribution in [0.15, 0.2) is 47.5 Å². The van der Waals surface area contributed by atoms with Crippen molar-refractivity contribution < 1.29 is 5.11 Å². The molecule has 0 spiro atoms. The van der Waals surface area contributed by atoms with Gasteiger partial charge in [0.15, 0.2) is 5.96 Å². The number of aliphatic hydroxyl groups is 1. The number of aryl methyl sites for hydroxylation is 2. The molecule has 2 aromatic rings. The highest BCUT2D eigenvalue weighted by Gasteiger charge is 2.13. The lowest BCUT2D eigenvalue weighted by Gasteiger charge is -2.20. The Labute approximate surface area is 166 Å².